The molecule has 0 unspecified atom stereocenters. The molecule has 0 N–H and O–H groups in total. The number of hydrogen-bond donors (Lipinski definition) is 0. The highest BCUT2D eigenvalue weighted by Crippen LogP contribution is 2.48. The number of piperazine rings is 1. The molecule has 2 atom stereocenters. The third kappa shape index (κ3) is 3.58. The minimum Gasteiger partial charge on any atom is -0.360 e. The van der Waals surface area contributed by atoms with Gasteiger partial charge in [-0.15, -0.1) is 0 Å². The first-order chi connectivity index (χ1) is 12.1. The van der Waals surface area contributed by atoms with Gasteiger partial charge in [0.05, 0.1) is 12.2 Å². The molecule has 2 aliphatic rings. The molecule has 2 fully saturated rings. The molecule has 6 heteroatoms. The highest BCUT2D eigenvalue weighted by Gasteiger charge is 2.46. The standard InChI is InChI=1S/C19H22FN3O2/c1-13-10-16(25-21-13)12-22-6-8-23(9-7-22)19(24)18-11-17(18)14-2-4-15(20)5-3-14/h2-5,10,17-18H,6-9,11-12H2,1H3/t17-,18-/m1/s1. The van der Waals surface area contributed by atoms with Crippen molar-refractivity contribution in [2.24, 2.45) is 5.92 Å². The van der Waals surface area contributed by atoms with E-state index < -0.39 is 0 Å². The molecule has 1 saturated heterocycles. The Kier molecular flexibility index (Phi) is 4.29. The fraction of sp³-hybridized carbons (Fsp3) is 0.474. The van der Waals surface area contributed by atoms with Gasteiger partial charge < -0.3 is 9.42 Å². The average molecular weight is 343 g/mol. The molecule has 2 heterocycles. The molecular formula is C19H22FN3O2. The molecule has 25 heavy (non-hydrogen) atoms. The molecule has 0 radical (unpaired) electrons. The van der Waals surface area contributed by atoms with Gasteiger partial charge in [0, 0.05) is 38.2 Å². The van der Waals surface area contributed by atoms with Crippen molar-refractivity contribution >= 4 is 5.91 Å². The minimum atomic E-state index is -0.231. The van der Waals surface area contributed by atoms with Gasteiger partial charge >= 0.3 is 0 Å². The number of rotatable bonds is 4. The monoisotopic (exact) mass is 343 g/mol. The van der Waals surface area contributed by atoms with Gasteiger partial charge in [-0.3, -0.25) is 9.69 Å². The smallest absolute Gasteiger partial charge is 0.226 e. The lowest BCUT2D eigenvalue weighted by Crippen LogP contribution is -2.48. The van der Waals surface area contributed by atoms with E-state index in [1.807, 2.05) is 17.9 Å². The van der Waals surface area contributed by atoms with Gasteiger partial charge in [-0.2, -0.15) is 0 Å². The maximum Gasteiger partial charge on any atom is 0.226 e. The molecule has 0 bridgehead atoms. The lowest BCUT2D eigenvalue weighted by atomic mass is 10.1. The van der Waals surface area contributed by atoms with Crippen molar-refractivity contribution < 1.29 is 13.7 Å². The average Bonchev–Trinajstić information content (AvgIpc) is 3.31. The Morgan fingerprint density at radius 2 is 1.96 bits per heavy atom. The first kappa shape index (κ1) is 16.3. The number of halogens is 1. The zero-order valence-corrected chi connectivity index (χ0v) is 14.3. The predicted octanol–water partition coefficient (Wildman–Crippen LogP) is 2.57. The number of nitrogens with zero attached hydrogens (tertiary/aromatic N) is 3. The van der Waals surface area contributed by atoms with Gasteiger partial charge in [0.2, 0.25) is 5.91 Å². The Labute approximate surface area is 146 Å². The second kappa shape index (κ2) is 6.59. The largest absolute Gasteiger partial charge is 0.360 e. The Morgan fingerprint density at radius 3 is 2.60 bits per heavy atom. The Hall–Kier alpha value is -2.21. The number of carbonyl (C=O) groups is 1. The van der Waals surface area contributed by atoms with E-state index in [1.54, 1.807) is 12.1 Å². The normalized spacial score (nSPS) is 23.7. The van der Waals surface area contributed by atoms with Gasteiger partial charge in [0.1, 0.15) is 5.82 Å². The molecule has 1 aromatic heterocycles. The summed E-state index contributed by atoms with van der Waals surface area (Å²) in [4.78, 5) is 16.9. The van der Waals surface area contributed by atoms with Crippen molar-refractivity contribution in [2.75, 3.05) is 26.2 Å². The van der Waals surface area contributed by atoms with E-state index in [-0.39, 0.29) is 23.6 Å². The SMILES string of the molecule is Cc1cc(CN2CCN(C(=O)[C@@H]3C[C@@H]3c3ccc(F)cc3)CC2)on1. The summed E-state index contributed by atoms with van der Waals surface area (Å²) in [5, 5.41) is 3.91. The second-order valence-electron chi connectivity index (χ2n) is 7.04. The van der Waals surface area contributed by atoms with Crippen LogP contribution in [-0.4, -0.2) is 47.0 Å². The third-order valence-electron chi connectivity index (χ3n) is 5.15. The molecule has 1 aliphatic heterocycles. The second-order valence-corrected chi connectivity index (χ2v) is 7.04. The topological polar surface area (TPSA) is 49.6 Å². The molecule has 1 aliphatic carbocycles. The highest BCUT2D eigenvalue weighted by molar-refractivity contribution is 5.83. The molecule has 1 aromatic carbocycles. The maximum atomic E-state index is 13.0. The number of hydrogen-bond acceptors (Lipinski definition) is 4. The maximum absolute atomic E-state index is 13.0. The Morgan fingerprint density at radius 1 is 1.24 bits per heavy atom. The van der Waals surface area contributed by atoms with E-state index in [0.29, 0.717) is 0 Å². The van der Waals surface area contributed by atoms with Crippen LogP contribution in [0.4, 0.5) is 4.39 Å². The molecule has 2 aromatic rings. The number of aryl methyl sites for hydroxylation is 1. The van der Waals surface area contributed by atoms with Gasteiger partial charge in [0.25, 0.3) is 0 Å². The van der Waals surface area contributed by atoms with Crippen LogP contribution in [0.5, 0.6) is 0 Å². The van der Waals surface area contributed by atoms with Crippen LogP contribution in [0.2, 0.25) is 0 Å². The third-order valence-corrected chi connectivity index (χ3v) is 5.15. The van der Waals surface area contributed by atoms with E-state index in [4.69, 9.17) is 4.52 Å². The van der Waals surface area contributed by atoms with Crippen molar-refractivity contribution in [2.45, 2.75) is 25.8 Å². The van der Waals surface area contributed by atoms with Gasteiger partial charge in [-0.1, -0.05) is 17.3 Å². The van der Waals surface area contributed by atoms with Gasteiger partial charge in [0.15, 0.2) is 5.76 Å². The summed E-state index contributed by atoms with van der Waals surface area (Å²) in [7, 11) is 0. The van der Waals surface area contributed by atoms with E-state index in [2.05, 4.69) is 10.1 Å². The summed E-state index contributed by atoms with van der Waals surface area (Å²) < 4.78 is 18.3. The van der Waals surface area contributed by atoms with Crippen LogP contribution in [0.15, 0.2) is 34.9 Å². The molecule has 1 saturated carbocycles. The molecular weight excluding hydrogens is 321 g/mol. The van der Waals surface area contributed by atoms with Crippen LogP contribution >= 0.6 is 0 Å². The minimum absolute atomic E-state index is 0.0638. The Bertz CT molecular complexity index is 750. The van der Waals surface area contributed by atoms with E-state index >= 15 is 0 Å². The number of aromatic nitrogens is 1. The van der Waals surface area contributed by atoms with E-state index in [0.717, 1.165) is 56.2 Å². The number of carbonyl (C=O) groups excluding carboxylic acids is 1. The Balaban J connectivity index is 1.28. The van der Waals surface area contributed by atoms with E-state index in [9.17, 15) is 9.18 Å². The molecule has 5 nitrogen and oxygen atoms in total. The van der Waals surface area contributed by atoms with Gasteiger partial charge in [-0.25, -0.2) is 4.39 Å². The van der Waals surface area contributed by atoms with Crippen molar-refractivity contribution in [1.29, 1.82) is 0 Å². The number of benzene rings is 1. The van der Waals surface area contributed by atoms with Crippen LogP contribution in [-0.2, 0) is 11.3 Å². The quantitative estimate of drug-likeness (QED) is 0.856. The van der Waals surface area contributed by atoms with Crippen LogP contribution in [0.3, 0.4) is 0 Å². The van der Waals surface area contributed by atoms with Crippen molar-refractivity contribution in [1.82, 2.24) is 15.0 Å². The fourth-order valence-corrected chi connectivity index (χ4v) is 3.62. The van der Waals surface area contributed by atoms with Crippen LogP contribution in [0, 0.1) is 18.7 Å². The van der Waals surface area contributed by atoms with Crippen molar-refractivity contribution in [3.8, 4) is 0 Å². The van der Waals surface area contributed by atoms with Crippen molar-refractivity contribution in [3.05, 3.63) is 53.2 Å². The summed E-state index contributed by atoms with van der Waals surface area (Å²) in [6, 6.07) is 8.49. The molecule has 132 valence electrons. The lowest BCUT2D eigenvalue weighted by Gasteiger charge is -2.34. The van der Waals surface area contributed by atoms with Crippen LogP contribution in [0.1, 0.15) is 29.4 Å². The molecule has 4 rings (SSSR count). The first-order valence-electron chi connectivity index (χ1n) is 8.79. The first-order valence-corrected chi connectivity index (χ1v) is 8.79. The lowest BCUT2D eigenvalue weighted by molar-refractivity contribution is -0.134. The van der Waals surface area contributed by atoms with Gasteiger partial charge in [-0.05, 0) is 37.0 Å². The summed E-state index contributed by atoms with van der Waals surface area (Å²) in [5.41, 5.74) is 1.96. The summed E-state index contributed by atoms with van der Waals surface area (Å²) in [5.74, 6) is 1.20. The zero-order valence-electron chi connectivity index (χ0n) is 14.3. The molecule has 1 amide bonds. The predicted molar refractivity (Wildman–Crippen MR) is 90.3 cm³/mol. The zero-order chi connectivity index (χ0) is 17.4. The molecule has 0 spiro atoms. The fourth-order valence-electron chi connectivity index (χ4n) is 3.62. The summed E-state index contributed by atoms with van der Waals surface area (Å²) in [6.07, 6.45) is 0.877. The van der Waals surface area contributed by atoms with Crippen LogP contribution in [0.25, 0.3) is 0 Å². The van der Waals surface area contributed by atoms with E-state index in [1.165, 1.54) is 12.1 Å². The summed E-state index contributed by atoms with van der Waals surface area (Å²) >= 11 is 0. The van der Waals surface area contributed by atoms with Crippen LogP contribution < -0.4 is 0 Å². The number of amides is 1. The summed E-state index contributed by atoms with van der Waals surface area (Å²) in [6.45, 7) is 5.84. The highest BCUT2D eigenvalue weighted by atomic mass is 19.1. The van der Waals surface area contributed by atoms with Crippen molar-refractivity contribution in [3.63, 3.8) is 0 Å².